The molecule has 1 saturated carbocycles. The van der Waals surface area contributed by atoms with Gasteiger partial charge in [-0.3, -0.25) is 4.90 Å². The van der Waals surface area contributed by atoms with Gasteiger partial charge in [-0.1, -0.05) is 36.9 Å². The summed E-state index contributed by atoms with van der Waals surface area (Å²) < 4.78 is 0. The van der Waals surface area contributed by atoms with Crippen molar-refractivity contribution in [3.05, 3.63) is 34.3 Å². The average molecular weight is 281 g/mol. The molecule has 1 atom stereocenters. The number of hydrogen-bond acceptors (Lipinski definition) is 2. The van der Waals surface area contributed by atoms with Crippen LogP contribution in [0.2, 0.25) is 5.02 Å². The molecule has 0 aromatic heterocycles. The molecule has 0 saturated heterocycles. The number of nitrogens with two attached hydrogens (primary N) is 1. The van der Waals surface area contributed by atoms with Crippen LogP contribution in [0, 0.1) is 6.92 Å². The number of halogens is 1. The van der Waals surface area contributed by atoms with E-state index in [0.29, 0.717) is 18.6 Å². The first-order valence-corrected chi connectivity index (χ1v) is 7.69. The first kappa shape index (κ1) is 14.8. The summed E-state index contributed by atoms with van der Waals surface area (Å²) in [5.41, 5.74) is 8.61. The third-order valence-electron chi connectivity index (χ3n) is 4.46. The Morgan fingerprint density at radius 2 is 2.00 bits per heavy atom. The second-order valence-corrected chi connectivity index (χ2v) is 6.15. The van der Waals surface area contributed by atoms with Crippen LogP contribution >= 0.6 is 11.6 Å². The van der Waals surface area contributed by atoms with Gasteiger partial charge in [0.2, 0.25) is 0 Å². The van der Waals surface area contributed by atoms with E-state index in [-0.39, 0.29) is 0 Å². The molecule has 1 fully saturated rings. The van der Waals surface area contributed by atoms with Crippen LogP contribution in [-0.2, 0) is 0 Å². The molecule has 2 nitrogen and oxygen atoms in total. The Kier molecular flexibility index (Phi) is 5.26. The summed E-state index contributed by atoms with van der Waals surface area (Å²) in [4.78, 5) is 2.48. The Morgan fingerprint density at radius 1 is 1.32 bits per heavy atom. The molecular formula is C16H25ClN2. The van der Waals surface area contributed by atoms with Gasteiger partial charge in [-0.2, -0.15) is 0 Å². The number of aryl methyl sites for hydroxylation is 1. The Hall–Kier alpha value is -0.570. The molecule has 0 spiro atoms. The summed E-state index contributed by atoms with van der Waals surface area (Å²) in [6.45, 7) is 2.79. The number of nitrogens with zero attached hydrogens (tertiary/aromatic N) is 1. The minimum absolute atomic E-state index is 0.306. The quantitative estimate of drug-likeness (QED) is 0.906. The number of rotatable bonds is 4. The van der Waals surface area contributed by atoms with Gasteiger partial charge in [0.1, 0.15) is 0 Å². The highest BCUT2D eigenvalue weighted by Gasteiger charge is 2.25. The summed E-state index contributed by atoms with van der Waals surface area (Å²) in [5.74, 6) is 0. The molecule has 2 N–H and O–H groups in total. The zero-order chi connectivity index (χ0) is 13.8. The van der Waals surface area contributed by atoms with E-state index in [1.807, 2.05) is 12.1 Å². The third-order valence-corrected chi connectivity index (χ3v) is 4.69. The molecule has 0 bridgehead atoms. The smallest absolute Gasteiger partial charge is 0.0472 e. The summed E-state index contributed by atoms with van der Waals surface area (Å²) in [6, 6.07) is 7.13. The molecule has 3 heteroatoms. The molecular weight excluding hydrogens is 256 g/mol. The van der Waals surface area contributed by atoms with Gasteiger partial charge in [0.15, 0.2) is 0 Å². The zero-order valence-corrected chi connectivity index (χ0v) is 12.8. The van der Waals surface area contributed by atoms with E-state index in [1.54, 1.807) is 0 Å². The van der Waals surface area contributed by atoms with E-state index >= 15 is 0 Å². The van der Waals surface area contributed by atoms with Gasteiger partial charge < -0.3 is 5.73 Å². The van der Waals surface area contributed by atoms with Crippen molar-refractivity contribution in [2.45, 2.75) is 51.1 Å². The number of likely N-dealkylation sites (N-methyl/N-ethyl adjacent to an activating group) is 1. The van der Waals surface area contributed by atoms with Gasteiger partial charge in [-0.05, 0) is 50.1 Å². The van der Waals surface area contributed by atoms with Crippen LogP contribution < -0.4 is 5.73 Å². The largest absolute Gasteiger partial charge is 0.329 e. The maximum absolute atomic E-state index is 6.05. The van der Waals surface area contributed by atoms with Gasteiger partial charge >= 0.3 is 0 Å². The van der Waals surface area contributed by atoms with Crippen molar-refractivity contribution in [2.24, 2.45) is 5.73 Å². The van der Waals surface area contributed by atoms with E-state index in [4.69, 9.17) is 17.3 Å². The second-order valence-electron chi connectivity index (χ2n) is 5.71. The van der Waals surface area contributed by atoms with Crippen molar-refractivity contribution in [1.29, 1.82) is 0 Å². The van der Waals surface area contributed by atoms with Gasteiger partial charge in [-0.15, -0.1) is 0 Å². The second kappa shape index (κ2) is 6.74. The highest BCUT2D eigenvalue weighted by atomic mass is 35.5. The summed E-state index contributed by atoms with van der Waals surface area (Å²) in [7, 11) is 2.22. The van der Waals surface area contributed by atoms with Gasteiger partial charge in [0, 0.05) is 23.7 Å². The zero-order valence-electron chi connectivity index (χ0n) is 12.0. The van der Waals surface area contributed by atoms with Gasteiger partial charge in [0.05, 0.1) is 0 Å². The molecule has 1 aromatic rings. The molecule has 1 aliphatic carbocycles. The minimum Gasteiger partial charge on any atom is -0.329 e. The van der Waals surface area contributed by atoms with Crippen LogP contribution in [0.15, 0.2) is 18.2 Å². The lowest BCUT2D eigenvalue weighted by Gasteiger charge is -2.37. The SMILES string of the molecule is Cc1cc(Cl)ccc1C(CN)N(C)C1CCCCC1. The predicted molar refractivity (Wildman–Crippen MR) is 82.6 cm³/mol. The van der Waals surface area contributed by atoms with Crippen LogP contribution in [-0.4, -0.2) is 24.5 Å². The normalized spacial score (nSPS) is 18.8. The van der Waals surface area contributed by atoms with Crippen LogP contribution in [0.5, 0.6) is 0 Å². The standard InChI is InChI=1S/C16H25ClN2/c1-12-10-13(17)8-9-15(12)16(11-18)19(2)14-6-4-3-5-7-14/h8-10,14,16H,3-7,11,18H2,1-2H3. The lowest BCUT2D eigenvalue weighted by molar-refractivity contribution is 0.140. The fourth-order valence-electron chi connectivity index (χ4n) is 3.27. The summed E-state index contributed by atoms with van der Waals surface area (Å²) in [5, 5.41) is 0.803. The van der Waals surface area contributed by atoms with E-state index < -0.39 is 0 Å². The maximum atomic E-state index is 6.05. The van der Waals surface area contributed by atoms with Crippen molar-refractivity contribution in [1.82, 2.24) is 4.90 Å². The summed E-state index contributed by atoms with van der Waals surface area (Å²) in [6.07, 6.45) is 6.70. The van der Waals surface area contributed by atoms with Crippen molar-refractivity contribution in [3.63, 3.8) is 0 Å². The maximum Gasteiger partial charge on any atom is 0.0472 e. The molecule has 0 aliphatic heterocycles. The first-order chi connectivity index (χ1) is 9.13. The van der Waals surface area contributed by atoms with Gasteiger partial charge in [0.25, 0.3) is 0 Å². The molecule has 1 aliphatic rings. The summed E-state index contributed by atoms with van der Waals surface area (Å²) >= 11 is 6.05. The van der Waals surface area contributed by atoms with E-state index in [0.717, 1.165) is 5.02 Å². The van der Waals surface area contributed by atoms with Crippen molar-refractivity contribution < 1.29 is 0 Å². The predicted octanol–water partition coefficient (Wildman–Crippen LogP) is 3.91. The van der Waals surface area contributed by atoms with E-state index in [9.17, 15) is 0 Å². The molecule has 1 aromatic carbocycles. The molecule has 0 amide bonds. The minimum atomic E-state index is 0.306. The van der Waals surface area contributed by atoms with Crippen molar-refractivity contribution >= 4 is 11.6 Å². The third kappa shape index (κ3) is 3.50. The Morgan fingerprint density at radius 3 is 2.58 bits per heavy atom. The van der Waals surface area contributed by atoms with E-state index in [2.05, 4.69) is 24.9 Å². The monoisotopic (exact) mass is 280 g/mol. The van der Waals surface area contributed by atoms with Crippen LogP contribution in [0.25, 0.3) is 0 Å². The molecule has 0 heterocycles. The van der Waals surface area contributed by atoms with Crippen molar-refractivity contribution in [2.75, 3.05) is 13.6 Å². The van der Waals surface area contributed by atoms with E-state index in [1.165, 1.54) is 43.2 Å². The van der Waals surface area contributed by atoms with Crippen molar-refractivity contribution in [3.8, 4) is 0 Å². The highest BCUT2D eigenvalue weighted by molar-refractivity contribution is 6.30. The number of hydrogen-bond donors (Lipinski definition) is 1. The Balaban J connectivity index is 2.18. The molecule has 2 rings (SSSR count). The van der Waals surface area contributed by atoms with Crippen LogP contribution in [0.3, 0.4) is 0 Å². The molecule has 0 radical (unpaired) electrons. The van der Waals surface area contributed by atoms with Gasteiger partial charge in [-0.25, -0.2) is 0 Å². The molecule has 1 unspecified atom stereocenters. The molecule has 19 heavy (non-hydrogen) atoms. The molecule has 106 valence electrons. The lowest BCUT2D eigenvalue weighted by atomic mass is 9.91. The average Bonchev–Trinajstić information content (AvgIpc) is 2.42. The fraction of sp³-hybridized carbons (Fsp3) is 0.625. The Labute approximate surface area is 121 Å². The lowest BCUT2D eigenvalue weighted by Crippen LogP contribution is -2.40. The Bertz CT molecular complexity index is 413. The first-order valence-electron chi connectivity index (χ1n) is 7.31. The topological polar surface area (TPSA) is 29.3 Å². The fourth-order valence-corrected chi connectivity index (χ4v) is 3.50. The van der Waals surface area contributed by atoms with Crippen LogP contribution in [0.1, 0.15) is 49.3 Å². The highest BCUT2D eigenvalue weighted by Crippen LogP contribution is 2.30. The van der Waals surface area contributed by atoms with Crippen LogP contribution in [0.4, 0.5) is 0 Å². The number of benzene rings is 1.